The van der Waals surface area contributed by atoms with Gasteiger partial charge < -0.3 is 20.1 Å². The fourth-order valence-corrected chi connectivity index (χ4v) is 6.82. The summed E-state index contributed by atoms with van der Waals surface area (Å²) in [6, 6.07) is 1.74. The van der Waals surface area contributed by atoms with Gasteiger partial charge >= 0.3 is 0 Å². The van der Waals surface area contributed by atoms with Crippen molar-refractivity contribution in [3.63, 3.8) is 0 Å². The van der Waals surface area contributed by atoms with Crippen LogP contribution in [0.4, 0.5) is 11.4 Å². The zero-order valence-electron chi connectivity index (χ0n) is 22.2. The molecule has 40 heavy (non-hydrogen) atoms. The Morgan fingerprint density at radius 1 is 1.10 bits per heavy atom. The first-order chi connectivity index (χ1) is 19.5. The van der Waals surface area contributed by atoms with Gasteiger partial charge in [0.15, 0.2) is 0 Å². The van der Waals surface area contributed by atoms with Crippen LogP contribution in [0.5, 0.6) is 5.88 Å². The summed E-state index contributed by atoms with van der Waals surface area (Å²) in [4.78, 5) is 34.2. The van der Waals surface area contributed by atoms with Crippen LogP contribution < -0.4 is 15.4 Å². The van der Waals surface area contributed by atoms with Crippen molar-refractivity contribution in [2.24, 2.45) is 5.41 Å². The molecule has 0 aromatic carbocycles. The maximum atomic E-state index is 13.3. The largest absolute Gasteiger partial charge is 0.477 e. The third kappa shape index (κ3) is 4.63. The highest BCUT2D eigenvalue weighted by Crippen LogP contribution is 2.40. The molecule has 2 saturated heterocycles. The number of aryl methyl sites for hydroxylation is 2. The number of rotatable bonds is 6. The highest BCUT2D eigenvalue weighted by molar-refractivity contribution is 7.21. The molecule has 0 aliphatic carbocycles. The van der Waals surface area contributed by atoms with Crippen molar-refractivity contribution in [1.82, 2.24) is 29.3 Å². The van der Waals surface area contributed by atoms with Gasteiger partial charge in [0.05, 0.1) is 64.8 Å². The maximum absolute atomic E-state index is 13.3. The van der Waals surface area contributed by atoms with Gasteiger partial charge in [-0.2, -0.15) is 10.2 Å². The minimum atomic E-state index is -0.299. The second kappa shape index (κ2) is 9.98. The van der Waals surface area contributed by atoms with Crippen molar-refractivity contribution in [2.75, 3.05) is 50.1 Å². The second-order valence-electron chi connectivity index (χ2n) is 10.8. The fourth-order valence-electron chi connectivity index (χ4n) is 5.76. The van der Waals surface area contributed by atoms with E-state index in [-0.39, 0.29) is 11.8 Å². The van der Waals surface area contributed by atoms with Crippen molar-refractivity contribution < 1.29 is 19.1 Å². The van der Waals surface area contributed by atoms with E-state index in [4.69, 9.17) is 9.47 Å². The lowest BCUT2D eigenvalue weighted by atomic mass is 9.73. The molecule has 0 atom stereocenters. The molecule has 7 heterocycles. The number of hydrogen-bond donors (Lipinski definition) is 2. The zero-order valence-corrected chi connectivity index (χ0v) is 23.0. The van der Waals surface area contributed by atoms with Gasteiger partial charge in [-0.25, -0.2) is 9.20 Å². The van der Waals surface area contributed by atoms with Crippen molar-refractivity contribution in [3.05, 3.63) is 42.1 Å². The summed E-state index contributed by atoms with van der Waals surface area (Å²) >= 11 is 1.46. The van der Waals surface area contributed by atoms with Crippen LogP contribution >= 0.6 is 11.3 Å². The molecule has 7 rings (SSSR count). The Morgan fingerprint density at radius 2 is 1.95 bits per heavy atom. The Bertz CT molecular complexity index is 1590. The first-order valence-corrected chi connectivity index (χ1v) is 14.3. The van der Waals surface area contributed by atoms with E-state index >= 15 is 0 Å². The predicted octanol–water partition coefficient (Wildman–Crippen LogP) is 3.05. The van der Waals surface area contributed by atoms with Crippen LogP contribution in [0.1, 0.15) is 35.3 Å². The Kier molecular flexibility index (Phi) is 6.28. The standard InChI is InChI=1S/C27H30N8O4S/c1-17-21(9-18(10-28-17)31-23(36)14-33-15-27(16-33)3-7-38-8-4-27)32-24(37)20-12-30-35-13-22(40-26(20)35)19-11-29-34-5-2-6-39-25(19)34/h9-13H,2-8,14-16H2,1H3,(H,31,36)(H,32,37). The number of thiazole rings is 1. The molecule has 12 nitrogen and oxygen atoms in total. The predicted molar refractivity (Wildman–Crippen MR) is 149 cm³/mol. The molecule has 1 spiro atoms. The summed E-state index contributed by atoms with van der Waals surface area (Å²) in [5, 5.41) is 14.7. The van der Waals surface area contributed by atoms with E-state index in [1.54, 1.807) is 29.2 Å². The average molecular weight is 563 g/mol. The summed E-state index contributed by atoms with van der Waals surface area (Å²) in [5.41, 5.74) is 3.38. The smallest absolute Gasteiger partial charge is 0.260 e. The molecule has 208 valence electrons. The third-order valence-electron chi connectivity index (χ3n) is 7.91. The van der Waals surface area contributed by atoms with E-state index in [0.717, 1.165) is 73.3 Å². The number of ether oxygens (including phenoxy) is 2. The van der Waals surface area contributed by atoms with E-state index in [0.29, 0.717) is 41.2 Å². The maximum Gasteiger partial charge on any atom is 0.260 e. The summed E-state index contributed by atoms with van der Waals surface area (Å²) in [6.45, 7) is 7.11. The molecule has 4 aromatic rings. The van der Waals surface area contributed by atoms with Crippen molar-refractivity contribution in [3.8, 4) is 16.3 Å². The van der Waals surface area contributed by atoms with Crippen LogP contribution in [0.3, 0.4) is 0 Å². The molecule has 0 unspecified atom stereocenters. The number of amides is 2. The number of carbonyl (C=O) groups is 2. The number of nitrogens with zero attached hydrogens (tertiary/aromatic N) is 6. The number of nitrogens with one attached hydrogen (secondary N) is 2. The van der Waals surface area contributed by atoms with Gasteiger partial charge in [-0.3, -0.25) is 19.5 Å². The van der Waals surface area contributed by atoms with E-state index in [1.165, 1.54) is 11.3 Å². The molecular weight excluding hydrogens is 532 g/mol. The third-order valence-corrected chi connectivity index (χ3v) is 9.05. The van der Waals surface area contributed by atoms with E-state index < -0.39 is 0 Å². The molecule has 13 heteroatoms. The molecular formula is C27H30N8O4S. The molecule has 3 aliphatic rings. The number of anilines is 2. The molecule has 2 amide bonds. The molecule has 4 aromatic heterocycles. The normalized spacial score (nSPS) is 18.2. The molecule has 0 saturated carbocycles. The molecule has 0 bridgehead atoms. The van der Waals surface area contributed by atoms with Crippen LogP contribution in [-0.4, -0.2) is 80.5 Å². The lowest BCUT2D eigenvalue weighted by molar-refractivity contribution is -0.124. The van der Waals surface area contributed by atoms with Gasteiger partial charge in [-0.15, -0.1) is 11.3 Å². The zero-order chi connectivity index (χ0) is 27.3. The van der Waals surface area contributed by atoms with Crippen LogP contribution in [0.2, 0.25) is 0 Å². The van der Waals surface area contributed by atoms with Crippen LogP contribution in [0.25, 0.3) is 15.3 Å². The minimum absolute atomic E-state index is 0.0966. The highest BCUT2D eigenvalue weighted by Gasteiger charge is 2.44. The van der Waals surface area contributed by atoms with Gasteiger partial charge in [0.2, 0.25) is 11.8 Å². The SMILES string of the molecule is Cc1ncc(NC(=O)CN2CC3(CCOCC3)C2)cc1NC(=O)c1cnn2cc(-c3cnn4c3OCCC4)sc12. The van der Waals surface area contributed by atoms with Gasteiger partial charge in [-0.05, 0) is 25.8 Å². The van der Waals surface area contributed by atoms with Gasteiger partial charge in [0.25, 0.3) is 5.91 Å². The van der Waals surface area contributed by atoms with Gasteiger partial charge in [0.1, 0.15) is 4.83 Å². The molecule has 0 radical (unpaired) electrons. The number of hydrogen-bond acceptors (Lipinski definition) is 9. The van der Waals surface area contributed by atoms with Crippen LogP contribution in [0.15, 0.2) is 30.9 Å². The van der Waals surface area contributed by atoms with Gasteiger partial charge in [0, 0.05) is 50.9 Å². The lowest BCUT2D eigenvalue weighted by Crippen LogP contribution is -2.59. The fraction of sp³-hybridized carbons (Fsp3) is 0.444. The summed E-state index contributed by atoms with van der Waals surface area (Å²) in [7, 11) is 0. The average Bonchev–Trinajstić information content (AvgIpc) is 3.64. The topological polar surface area (TPSA) is 128 Å². The number of carbonyl (C=O) groups excluding carboxylic acids is 2. The van der Waals surface area contributed by atoms with Crippen molar-refractivity contribution in [2.45, 2.75) is 32.7 Å². The Hall–Kier alpha value is -3.81. The lowest BCUT2D eigenvalue weighted by Gasteiger charge is -2.52. The summed E-state index contributed by atoms with van der Waals surface area (Å²) in [5.74, 6) is 0.354. The van der Waals surface area contributed by atoms with Gasteiger partial charge in [-0.1, -0.05) is 0 Å². The molecule has 3 aliphatic heterocycles. The van der Waals surface area contributed by atoms with E-state index in [9.17, 15) is 9.59 Å². The second-order valence-corrected chi connectivity index (χ2v) is 11.8. The van der Waals surface area contributed by atoms with Crippen molar-refractivity contribution >= 4 is 39.4 Å². The number of aromatic nitrogens is 5. The number of likely N-dealkylation sites (tertiary alicyclic amines) is 1. The molecule has 2 N–H and O–H groups in total. The Morgan fingerprint density at radius 3 is 2.80 bits per heavy atom. The minimum Gasteiger partial charge on any atom is -0.477 e. The Balaban J connectivity index is 1.02. The Labute approximate surface area is 234 Å². The monoisotopic (exact) mass is 562 g/mol. The van der Waals surface area contributed by atoms with E-state index in [2.05, 4.69) is 30.7 Å². The summed E-state index contributed by atoms with van der Waals surface area (Å²) < 4.78 is 14.9. The first kappa shape index (κ1) is 25.2. The summed E-state index contributed by atoms with van der Waals surface area (Å²) in [6.07, 6.45) is 9.90. The van der Waals surface area contributed by atoms with Crippen LogP contribution in [-0.2, 0) is 16.1 Å². The quantitative estimate of drug-likeness (QED) is 0.367. The first-order valence-electron chi connectivity index (χ1n) is 13.5. The highest BCUT2D eigenvalue weighted by atomic mass is 32.1. The van der Waals surface area contributed by atoms with Crippen molar-refractivity contribution in [1.29, 1.82) is 0 Å². The van der Waals surface area contributed by atoms with Crippen LogP contribution in [0, 0.1) is 12.3 Å². The number of pyridine rings is 1. The van der Waals surface area contributed by atoms with E-state index in [1.807, 2.05) is 17.8 Å². The number of fused-ring (bicyclic) bond motifs is 2. The molecule has 2 fully saturated rings.